The maximum Gasteiger partial charge on any atom is 0.134 e. The van der Waals surface area contributed by atoms with Crippen LogP contribution in [-0.4, -0.2) is 7.05 Å². The maximum absolute atomic E-state index is 14.3. The topological polar surface area (TPSA) is 12.0 Å². The van der Waals surface area contributed by atoms with Crippen molar-refractivity contribution in [2.45, 2.75) is 26.8 Å². The van der Waals surface area contributed by atoms with Gasteiger partial charge in [0.2, 0.25) is 0 Å². The van der Waals surface area contributed by atoms with E-state index < -0.39 is 17.7 Å². The molecule has 0 aliphatic heterocycles. The summed E-state index contributed by atoms with van der Waals surface area (Å²) >= 11 is 0. The van der Waals surface area contributed by atoms with Crippen LogP contribution in [0.4, 0.5) is 8.78 Å². The zero-order chi connectivity index (χ0) is 14.9. The van der Waals surface area contributed by atoms with E-state index in [-0.39, 0.29) is 5.56 Å². The van der Waals surface area contributed by atoms with Gasteiger partial charge in [0.05, 0.1) is 6.04 Å². The molecule has 2 aromatic rings. The molecule has 2 rings (SSSR count). The van der Waals surface area contributed by atoms with Crippen LogP contribution in [-0.2, 0) is 0 Å². The van der Waals surface area contributed by atoms with Crippen LogP contribution in [0.3, 0.4) is 0 Å². The molecule has 1 atom stereocenters. The SMILES string of the molecule is CNC(c1ccc(C)c(C)c1)c1c(F)ccc(C)c1F. The Kier molecular flexibility index (Phi) is 4.19. The number of benzene rings is 2. The van der Waals surface area contributed by atoms with Crippen LogP contribution in [0.15, 0.2) is 30.3 Å². The molecular formula is C17H19F2N. The first kappa shape index (κ1) is 14.7. The number of hydrogen-bond acceptors (Lipinski definition) is 1. The fraction of sp³-hybridized carbons (Fsp3) is 0.294. The van der Waals surface area contributed by atoms with Gasteiger partial charge in [-0.15, -0.1) is 0 Å². The molecule has 1 N–H and O–H groups in total. The van der Waals surface area contributed by atoms with E-state index in [0.717, 1.165) is 16.7 Å². The molecule has 1 nitrogen and oxygen atoms in total. The van der Waals surface area contributed by atoms with Crippen molar-refractivity contribution in [1.82, 2.24) is 5.32 Å². The minimum atomic E-state index is -0.523. The third kappa shape index (κ3) is 2.59. The van der Waals surface area contributed by atoms with Crippen molar-refractivity contribution < 1.29 is 8.78 Å². The quantitative estimate of drug-likeness (QED) is 0.885. The van der Waals surface area contributed by atoms with Gasteiger partial charge in [-0.3, -0.25) is 0 Å². The Hall–Kier alpha value is -1.74. The second kappa shape index (κ2) is 5.71. The number of nitrogens with one attached hydrogen (secondary N) is 1. The molecular weight excluding hydrogens is 256 g/mol. The molecule has 0 aromatic heterocycles. The minimum Gasteiger partial charge on any atom is -0.309 e. The smallest absolute Gasteiger partial charge is 0.134 e. The largest absolute Gasteiger partial charge is 0.309 e. The van der Waals surface area contributed by atoms with E-state index in [1.165, 1.54) is 12.1 Å². The second-order valence-corrected chi connectivity index (χ2v) is 5.16. The van der Waals surface area contributed by atoms with Crippen molar-refractivity contribution in [3.63, 3.8) is 0 Å². The van der Waals surface area contributed by atoms with Gasteiger partial charge in [0.1, 0.15) is 11.6 Å². The lowest BCUT2D eigenvalue weighted by Gasteiger charge is -2.20. The van der Waals surface area contributed by atoms with Gasteiger partial charge in [-0.25, -0.2) is 8.78 Å². The molecule has 0 spiro atoms. The van der Waals surface area contributed by atoms with Crippen molar-refractivity contribution >= 4 is 0 Å². The summed E-state index contributed by atoms with van der Waals surface area (Å²) in [5.41, 5.74) is 3.66. The third-order valence-corrected chi connectivity index (χ3v) is 3.76. The first-order chi connectivity index (χ1) is 9.45. The van der Waals surface area contributed by atoms with Gasteiger partial charge in [0.15, 0.2) is 0 Å². The van der Waals surface area contributed by atoms with Crippen LogP contribution in [0.25, 0.3) is 0 Å². The van der Waals surface area contributed by atoms with Gasteiger partial charge in [-0.2, -0.15) is 0 Å². The monoisotopic (exact) mass is 275 g/mol. The number of rotatable bonds is 3. The van der Waals surface area contributed by atoms with Gasteiger partial charge >= 0.3 is 0 Å². The van der Waals surface area contributed by atoms with E-state index in [1.807, 2.05) is 32.0 Å². The van der Waals surface area contributed by atoms with Crippen LogP contribution in [0, 0.1) is 32.4 Å². The highest BCUT2D eigenvalue weighted by molar-refractivity contribution is 5.39. The molecule has 3 heteroatoms. The molecule has 0 radical (unpaired) electrons. The van der Waals surface area contributed by atoms with Crippen LogP contribution in [0.1, 0.15) is 33.9 Å². The highest BCUT2D eigenvalue weighted by atomic mass is 19.1. The lowest BCUT2D eigenvalue weighted by molar-refractivity contribution is 0.517. The Morgan fingerprint density at radius 1 is 0.900 bits per heavy atom. The van der Waals surface area contributed by atoms with E-state index in [0.29, 0.717) is 5.56 Å². The zero-order valence-electron chi connectivity index (χ0n) is 12.2. The Balaban J connectivity index is 2.58. The maximum atomic E-state index is 14.3. The minimum absolute atomic E-state index is 0.0794. The van der Waals surface area contributed by atoms with Crippen molar-refractivity contribution in [2.24, 2.45) is 0 Å². The molecule has 0 amide bonds. The summed E-state index contributed by atoms with van der Waals surface area (Å²) < 4.78 is 28.3. The second-order valence-electron chi connectivity index (χ2n) is 5.16. The van der Waals surface area contributed by atoms with Gasteiger partial charge in [0.25, 0.3) is 0 Å². The number of hydrogen-bond donors (Lipinski definition) is 1. The van der Waals surface area contributed by atoms with Crippen LogP contribution in [0.2, 0.25) is 0 Å². The molecule has 0 saturated heterocycles. The predicted octanol–water partition coefficient (Wildman–Crippen LogP) is 4.20. The van der Waals surface area contributed by atoms with Gasteiger partial charge in [-0.05, 0) is 56.1 Å². The van der Waals surface area contributed by atoms with Crippen molar-refractivity contribution in [3.05, 3.63) is 69.8 Å². The highest BCUT2D eigenvalue weighted by Gasteiger charge is 2.22. The molecule has 0 fully saturated rings. The summed E-state index contributed by atoms with van der Waals surface area (Å²) in [6.07, 6.45) is 0. The Bertz CT molecular complexity index is 635. The molecule has 106 valence electrons. The average Bonchev–Trinajstić information content (AvgIpc) is 2.42. The average molecular weight is 275 g/mol. The number of halogens is 2. The highest BCUT2D eigenvalue weighted by Crippen LogP contribution is 2.29. The Morgan fingerprint density at radius 2 is 1.55 bits per heavy atom. The van der Waals surface area contributed by atoms with Crippen LogP contribution in [0.5, 0.6) is 0 Å². The van der Waals surface area contributed by atoms with Crippen LogP contribution >= 0.6 is 0 Å². The molecule has 0 bridgehead atoms. The molecule has 0 heterocycles. The summed E-state index contributed by atoms with van der Waals surface area (Å²) in [4.78, 5) is 0. The summed E-state index contributed by atoms with van der Waals surface area (Å²) in [5.74, 6) is -1.01. The normalized spacial score (nSPS) is 12.5. The van der Waals surface area contributed by atoms with Crippen molar-refractivity contribution in [3.8, 4) is 0 Å². The first-order valence-electron chi connectivity index (χ1n) is 6.64. The summed E-state index contributed by atoms with van der Waals surface area (Å²) in [6.45, 7) is 5.65. The van der Waals surface area contributed by atoms with Gasteiger partial charge in [0, 0.05) is 5.56 Å². The molecule has 2 aromatic carbocycles. The van der Waals surface area contributed by atoms with Crippen molar-refractivity contribution in [2.75, 3.05) is 7.05 Å². The van der Waals surface area contributed by atoms with E-state index in [9.17, 15) is 8.78 Å². The molecule has 0 aliphatic carbocycles. The lowest BCUT2D eigenvalue weighted by Crippen LogP contribution is -2.21. The Morgan fingerprint density at radius 3 is 2.15 bits per heavy atom. The van der Waals surface area contributed by atoms with Crippen molar-refractivity contribution in [1.29, 1.82) is 0 Å². The molecule has 1 unspecified atom stereocenters. The predicted molar refractivity (Wildman–Crippen MR) is 77.9 cm³/mol. The van der Waals surface area contributed by atoms with Crippen LogP contribution < -0.4 is 5.32 Å². The summed E-state index contributed by atoms with van der Waals surface area (Å²) in [7, 11) is 1.71. The summed E-state index contributed by atoms with van der Waals surface area (Å²) in [5, 5.41) is 3.01. The van der Waals surface area contributed by atoms with E-state index in [1.54, 1.807) is 14.0 Å². The lowest BCUT2D eigenvalue weighted by atomic mass is 9.94. The first-order valence-corrected chi connectivity index (χ1v) is 6.64. The number of aryl methyl sites for hydroxylation is 3. The standard InChI is InChI=1S/C17H19F2N/c1-10-5-7-13(9-12(10)3)17(20-4)15-14(18)8-6-11(2)16(15)19/h5-9,17,20H,1-4H3. The molecule has 0 aliphatic rings. The van der Waals surface area contributed by atoms with Gasteiger partial charge in [-0.1, -0.05) is 24.3 Å². The fourth-order valence-corrected chi connectivity index (χ4v) is 2.36. The molecule has 20 heavy (non-hydrogen) atoms. The van der Waals surface area contributed by atoms with E-state index in [2.05, 4.69) is 5.32 Å². The zero-order valence-corrected chi connectivity index (χ0v) is 12.2. The van der Waals surface area contributed by atoms with Gasteiger partial charge < -0.3 is 5.32 Å². The summed E-state index contributed by atoms with van der Waals surface area (Å²) in [6, 6.07) is 8.14. The van der Waals surface area contributed by atoms with E-state index in [4.69, 9.17) is 0 Å². The molecule has 0 saturated carbocycles. The Labute approximate surface area is 118 Å². The third-order valence-electron chi connectivity index (χ3n) is 3.76. The van der Waals surface area contributed by atoms with E-state index >= 15 is 0 Å². The fourth-order valence-electron chi connectivity index (χ4n) is 2.36.